The lowest BCUT2D eigenvalue weighted by Gasteiger charge is -2.34. The average molecular weight is 376 g/mol. The van der Waals surface area contributed by atoms with Gasteiger partial charge in [-0.25, -0.2) is 0 Å². The summed E-state index contributed by atoms with van der Waals surface area (Å²) in [6.07, 6.45) is 2.54. The van der Waals surface area contributed by atoms with Crippen LogP contribution >= 0.6 is 0 Å². The van der Waals surface area contributed by atoms with Crippen LogP contribution in [0.25, 0.3) is 0 Å². The molecule has 27 heavy (non-hydrogen) atoms. The molecule has 1 aliphatic heterocycles. The highest BCUT2D eigenvalue weighted by Crippen LogP contribution is 2.27. The zero-order valence-electron chi connectivity index (χ0n) is 17.9. The van der Waals surface area contributed by atoms with E-state index in [9.17, 15) is 0 Å². The maximum Gasteiger partial charge on any atom is 0.191 e. The molecule has 0 bridgehead atoms. The second kappa shape index (κ2) is 9.95. The summed E-state index contributed by atoms with van der Waals surface area (Å²) in [4.78, 5) is 9.18. The van der Waals surface area contributed by atoms with Crippen molar-refractivity contribution in [3.63, 3.8) is 0 Å². The second-order valence-electron chi connectivity index (χ2n) is 8.05. The first kappa shape index (κ1) is 21.5. The molecule has 2 N–H and O–H groups in total. The monoisotopic (exact) mass is 375 g/mol. The lowest BCUT2D eigenvalue weighted by Crippen LogP contribution is -2.51. The lowest BCUT2D eigenvalue weighted by atomic mass is 10.0. The van der Waals surface area contributed by atoms with Crippen molar-refractivity contribution in [3.8, 4) is 5.75 Å². The van der Waals surface area contributed by atoms with E-state index in [0.717, 1.165) is 37.9 Å². The highest BCUT2D eigenvalue weighted by molar-refractivity contribution is 5.79. The van der Waals surface area contributed by atoms with Crippen molar-refractivity contribution in [2.45, 2.75) is 38.3 Å². The number of likely N-dealkylation sites (tertiary alicyclic amines) is 1. The van der Waals surface area contributed by atoms with E-state index in [-0.39, 0.29) is 5.54 Å². The molecule has 0 saturated carbocycles. The Hall–Kier alpha value is -1.79. The summed E-state index contributed by atoms with van der Waals surface area (Å²) in [5, 5.41) is 7.00. The van der Waals surface area contributed by atoms with E-state index in [1.807, 2.05) is 13.1 Å². The van der Waals surface area contributed by atoms with E-state index in [4.69, 9.17) is 4.74 Å². The molecule has 1 aromatic rings. The molecule has 6 heteroatoms. The molecule has 6 nitrogen and oxygen atoms in total. The van der Waals surface area contributed by atoms with Crippen LogP contribution in [0.4, 0.5) is 0 Å². The number of hydrogen-bond acceptors (Lipinski definition) is 4. The molecular formula is C21H37N5O. The predicted molar refractivity (Wildman–Crippen MR) is 114 cm³/mol. The molecule has 0 aromatic heterocycles. The first-order chi connectivity index (χ1) is 12.9. The van der Waals surface area contributed by atoms with Crippen molar-refractivity contribution in [1.82, 2.24) is 20.4 Å². The van der Waals surface area contributed by atoms with Gasteiger partial charge in [-0.15, -0.1) is 0 Å². The van der Waals surface area contributed by atoms with Gasteiger partial charge in [0.2, 0.25) is 0 Å². The van der Waals surface area contributed by atoms with Crippen LogP contribution in [0.2, 0.25) is 0 Å². The Balaban J connectivity index is 2.04. The topological polar surface area (TPSA) is 52.1 Å². The molecule has 1 saturated heterocycles. The normalized spacial score (nSPS) is 17.2. The van der Waals surface area contributed by atoms with Gasteiger partial charge in [0, 0.05) is 25.7 Å². The molecule has 0 radical (unpaired) electrons. The fourth-order valence-electron chi connectivity index (χ4n) is 3.23. The summed E-state index contributed by atoms with van der Waals surface area (Å²) in [6.45, 7) is 8.36. The number of aliphatic imine (C=N–C) groups is 1. The van der Waals surface area contributed by atoms with Crippen LogP contribution in [0.5, 0.6) is 5.75 Å². The molecule has 152 valence electrons. The number of likely N-dealkylation sites (N-methyl/N-ethyl adjacent to an activating group) is 1. The number of guanidine groups is 1. The van der Waals surface area contributed by atoms with Crippen molar-refractivity contribution in [2.75, 3.05) is 54.4 Å². The van der Waals surface area contributed by atoms with E-state index >= 15 is 0 Å². The van der Waals surface area contributed by atoms with E-state index < -0.39 is 0 Å². The molecule has 0 amide bonds. The van der Waals surface area contributed by atoms with Crippen molar-refractivity contribution in [1.29, 1.82) is 0 Å². The fourth-order valence-corrected chi connectivity index (χ4v) is 3.23. The Morgan fingerprint density at radius 3 is 2.56 bits per heavy atom. The second-order valence-corrected chi connectivity index (χ2v) is 8.05. The standard InChI is InChI=1S/C21H37N5O/c1-21(2,25(4)5)16-24-20(22-3)23-15-19(26-12-7-8-13-26)17-10-9-11-18(14-17)27-6/h9-11,14,19H,7-8,12-13,15-16H2,1-6H3,(H2,22,23,24). The van der Waals surface area contributed by atoms with Crippen molar-refractivity contribution < 1.29 is 4.74 Å². The van der Waals surface area contributed by atoms with Gasteiger partial charge in [0.15, 0.2) is 5.96 Å². The largest absolute Gasteiger partial charge is 0.497 e. The minimum absolute atomic E-state index is 0.0543. The summed E-state index contributed by atoms with van der Waals surface area (Å²) in [5.74, 6) is 1.75. The first-order valence-electron chi connectivity index (χ1n) is 9.87. The number of ether oxygens (including phenoxy) is 1. The summed E-state index contributed by atoms with van der Waals surface area (Å²) in [6, 6.07) is 8.73. The van der Waals surface area contributed by atoms with Crippen LogP contribution in [0, 0.1) is 0 Å². The summed E-state index contributed by atoms with van der Waals surface area (Å²) in [5.41, 5.74) is 1.34. The molecule has 1 aliphatic rings. The minimum atomic E-state index is 0.0543. The van der Waals surface area contributed by atoms with Gasteiger partial charge >= 0.3 is 0 Å². The zero-order valence-corrected chi connectivity index (χ0v) is 17.9. The van der Waals surface area contributed by atoms with Gasteiger partial charge in [0.25, 0.3) is 0 Å². The predicted octanol–water partition coefficient (Wildman–Crippen LogP) is 2.34. The van der Waals surface area contributed by atoms with Gasteiger partial charge in [-0.3, -0.25) is 9.89 Å². The van der Waals surface area contributed by atoms with Gasteiger partial charge in [-0.1, -0.05) is 12.1 Å². The average Bonchev–Trinajstić information content (AvgIpc) is 3.18. The fraction of sp³-hybridized carbons (Fsp3) is 0.667. The third kappa shape index (κ3) is 6.11. The first-order valence-corrected chi connectivity index (χ1v) is 9.87. The van der Waals surface area contributed by atoms with Gasteiger partial charge < -0.3 is 20.3 Å². The van der Waals surface area contributed by atoms with Crippen molar-refractivity contribution in [2.24, 2.45) is 4.99 Å². The Morgan fingerprint density at radius 1 is 1.26 bits per heavy atom. The number of methoxy groups -OCH3 is 1. The molecular weight excluding hydrogens is 338 g/mol. The molecule has 1 atom stereocenters. The smallest absolute Gasteiger partial charge is 0.191 e. The Morgan fingerprint density at radius 2 is 1.96 bits per heavy atom. The van der Waals surface area contributed by atoms with Crippen LogP contribution in [0.15, 0.2) is 29.3 Å². The van der Waals surface area contributed by atoms with Gasteiger partial charge in [-0.2, -0.15) is 0 Å². The molecule has 1 aromatic carbocycles. The van der Waals surface area contributed by atoms with Gasteiger partial charge in [0.05, 0.1) is 13.2 Å². The number of hydrogen-bond donors (Lipinski definition) is 2. The maximum absolute atomic E-state index is 5.43. The summed E-state index contributed by atoms with van der Waals surface area (Å²) < 4.78 is 5.43. The van der Waals surface area contributed by atoms with Gasteiger partial charge in [-0.05, 0) is 71.6 Å². The van der Waals surface area contributed by atoms with Crippen LogP contribution < -0.4 is 15.4 Å². The number of nitrogens with zero attached hydrogens (tertiary/aromatic N) is 3. The number of rotatable bonds is 8. The summed E-state index contributed by atoms with van der Waals surface area (Å²) in [7, 11) is 7.75. The number of benzene rings is 1. The van der Waals surface area contributed by atoms with Gasteiger partial charge in [0.1, 0.15) is 5.75 Å². The summed E-state index contributed by atoms with van der Waals surface area (Å²) >= 11 is 0. The van der Waals surface area contributed by atoms with E-state index in [1.165, 1.54) is 18.4 Å². The van der Waals surface area contributed by atoms with Crippen LogP contribution in [0.1, 0.15) is 38.3 Å². The van der Waals surface area contributed by atoms with Crippen LogP contribution in [-0.4, -0.2) is 75.7 Å². The molecule has 1 unspecified atom stereocenters. The van der Waals surface area contributed by atoms with Crippen LogP contribution in [-0.2, 0) is 0 Å². The molecule has 0 spiro atoms. The lowest BCUT2D eigenvalue weighted by molar-refractivity contribution is 0.197. The Bertz CT molecular complexity index is 608. The Kier molecular flexibility index (Phi) is 7.92. The van der Waals surface area contributed by atoms with Crippen molar-refractivity contribution >= 4 is 5.96 Å². The van der Waals surface area contributed by atoms with E-state index in [1.54, 1.807) is 7.11 Å². The number of nitrogens with one attached hydrogen (secondary N) is 2. The molecule has 1 fully saturated rings. The van der Waals surface area contributed by atoms with E-state index in [0.29, 0.717) is 6.04 Å². The molecule has 2 rings (SSSR count). The molecule has 0 aliphatic carbocycles. The molecule has 1 heterocycles. The Labute approximate surface area is 165 Å². The SMILES string of the molecule is CN=C(NCC(c1cccc(OC)c1)N1CCCC1)NCC(C)(C)N(C)C. The van der Waals surface area contributed by atoms with Crippen LogP contribution in [0.3, 0.4) is 0 Å². The van der Waals surface area contributed by atoms with E-state index in [2.05, 4.69) is 71.6 Å². The van der Waals surface area contributed by atoms with Crippen molar-refractivity contribution in [3.05, 3.63) is 29.8 Å². The third-order valence-electron chi connectivity index (χ3n) is 5.65. The minimum Gasteiger partial charge on any atom is -0.497 e. The highest BCUT2D eigenvalue weighted by atomic mass is 16.5. The third-order valence-corrected chi connectivity index (χ3v) is 5.65. The maximum atomic E-state index is 5.43. The highest BCUT2D eigenvalue weighted by Gasteiger charge is 2.25. The quantitative estimate of drug-likeness (QED) is 0.540. The zero-order chi connectivity index (χ0) is 19.9.